The van der Waals surface area contributed by atoms with Gasteiger partial charge in [0, 0.05) is 0 Å². The van der Waals surface area contributed by atoms with Crippen LogP contribution in [0.4, 0.5) is 0 Å². The van der Waals surface area contributed by atoms with Crippen molar-refractivity contribution in [1.82, 2.24) is 0 Å². The summed E-state index contributed by atoms with van der Waals surface area (Å²) in [4.78, 5) is 0. The molecule has 1 aliphatic carbocycles. The van der Waals surface area contributed by atoms with Gasteiger partial charge < -0.3 is 24.8 Å². The molecule has 0 aromatic heterocycles. The molecule has 2 aromatic rings. The van der Waals surface area contributed by atoms with Gasteiger partial charge in [-0.2, -0.15) is 12.1 Å². The van der Waals surface area contributed by atoms with Gasteiger partial charge in [0.2, 0.25) is 0 Å². The molecule has 158 valence electrons. The summed E-state index contributed by atoms with van der Waals surface area (Å²) in [6.07, 6.45) is 10.5. The maximum Gasteiger partial charge on any atom is 4.00 e. The van der Waals surface area contributed by atoms with Gasteiger partial charge in [0.15, 0.2) is 0 Å². The third-order valence-electron chi connectivity index (χ3n) is 4.99. The Morgan fingerprint density at radius 2 is 1.69 bits per heavy atom. The summed E-state index contributed by atoms with van der Waals surface area (Å²) in [5.74, 6) is 0. The average Bonchev–Trinajstić information content (AvgIpc) is 3.18. The van der Waals surface area contributed by atoms with Crippen molar-refractivity contribution in [1.29, 1.82) is 0 Å². The van der Waals surface area contributed by atoms with Crippen LogP contribution in [0.1, 0.15) is 67.2 Å². The van der Waals surface area contributed by atoms with Gasteiger partial charge in [-0.1, -0.05) is 67.9 Å². The van der Waals surface area contributed by atoms with E-state index in [1.54, 1.807) is 5.30 Å². The second-order valence-corrected chi connectivity index (χ2v) is 11.2. The van der Waals surface area contributed by atoms with Crippen molar-refractivity contribution in [2.45, 2.75) is 78.5 Å². The molecule has 3 rings (SSSR count). The number of benzene rings is 1. The second-order valence-electron chi connectivity index (χ2n) is 7.79. The standard InChI is InChI=1S/C15H20P.C10H15.2ClH.Ti/c1-11(2)16(12(3)4)15-9-13-7-5-6-8-14(13)10-15;1-3-4-7-10-8-5-6-9(10)2;;;/h5-12H,1-4H3;6H,3-5,7H2,1-2H3;2*1H;/q2*-1;;;+4/p-2. The van der Waals surface area contributed by atoms with Gasteiger partial charge in [-0.05, 0) is 11.3 Å². The summed E-state index contributed by atoms with van der Waals surface area (Å²) in [5, 5.41) is 4.36. The third-order valence-corrected chi connectivity index (χ3v) is 8.07. The molecule has 0 atom stereocenters. The number of fused-ring (bicyclic) bond motifs is 1. The van der Waals surface area contributed by atoms with Crippen molar-refractivity contribution < 1.29 is 46.5 Å². The molecule has 1 aliphatic rings. The zero-order chi connectivity index (χ0) is 19.1. The van der Waals surface area contributed by atoms with Crippen molar-refractivity contribution in [2.75, 3.05) is 0 Å². The van der Waals surface area contributed by atoms with Gasteiger partial charge in [-0.25, -0.2) is 11.1 Å². The van der Waals surface area contributed by atoms with Gasteiger partial charge >= 0.3 is 21.7 Å². The van der Waals surface area contributed by atoms with Crippen molar-refractivity contribution in [3.63, 3.8) is 0 Å². The molecule has 0 spiro atoms. The molecule has 29 heavy (non-hydrogen) atoms. The van der Waals surface area contributed by atoms with Crippen LogP contribution in [-0.4, -0.2) is 11.3 Å². The molecular weight excluding hydrogens is 450 g/mol. The Kier molecular flexibility index (Phi) is 17.0. The summed E-state index contributed by atoms with van der Waals surface area (Å²) >= 11 is 0. The molecular formula is C25H35Cl2PTi. The van der Waals surface area contributed by atoms with E-state index in [-0.39, 0.29) is 54.5 Å². The Morgan fingerprint density at radius 1 is 1.07 bits per heavy atom. The summed E-state index contributed by atoms with van der Waals surface area (Å²) in [5.41, 5.74) is 4.45. The molecule has 0 heterocycles. The predicted octanol–water partition coefficient (Wildman–Crippen LogP) is 1.74. The number of rotatable bonds is 6. The third kappa shape index (κ3) is 9.37. The Balaban J connectivity index is 0. The van der Waals surface area contributed by atoms with Crippen molar-refractivity contribution in [2.24, 2.45) is 0 Å². The first-order valence-corrected chi connectivity index (χ1v) is 11.6. The second kappa shape index (κ2) is 15.8. The maximum atomic E-state index is 3.37. The smallest absolute Gasteiger partial charge is 1.00 e. The SMILES string of the molecule is CC(C)P(c1cc2ccccc2[cH-]1)C(C)C.CCCCC1=[C-]CC=C1C.[Cl-].[Cl-].[Ti+4]. The minimum Gasteiger partial charge on any atom is -1.00 e. The fourth-order valence-corrected chi connectivity index (χ4v) is 6.67. The molecule has 0 bridgehead atoms. The Labute approximate surface area is 207 Å². The molecule has 0 radical (unpaired) electrons. The quantitative estimate of drug-likeness (QED) is 0.333. The first-order chi connectivity index (χ1) is 12.4. The van der Waals surface area contributed by atoms with Gasteiger partial charge in [-0.3, -0.25) is 6.08 Å². The van der Waals surface area contributed by atoms with E-state index in [0.717, 1.165) is 17.7 Å². The topological polar surface area (TPSA) is 0 Å². The minimum atomic E-state index is -0.0206. The van der Waals surface area contributed by atoms with Crippen LogP contribution in [-0.2, 0) is 21.7 Å². The molecule has 0 saturated heterocycles. The maximum absolute atomic E-state index is 3.37. The Bertz CT molecular complexity index is 718. The van der Waals surface area contributed by atoms with Crippen LogP contribution in [0.2, 0.25) is 0 Å². The number of hydrogen-bond donors (Lipinski definition) is 0. The molecule has 0 N–H and O–H groups in total. The molecule has 4 heteroatoms. The van der Waals surface area contributed by atoms with Crippen LogP contribution < -0.4 is 30.1 Å². The number of halogens is 2. The van der Waals surface area contributed by atoms with Crippen LogP contribution in [0.15, 0.2) is 53.6 Å². The average molecular weight is 485 g/mol. The Hall–Kier alpha value is 0.0343. The molecule has 2 aromatic carbocycles. The van der Waals surface area contributed by atoms with Gasteiger partial charge in [0.05, 0.1) is 0 Å². The van der Waals surface area contributed by atoms with E-state index < -0.39 is 0 Å². The van der Waals surface area contributed by atoms with Crippen LogP contribution in [0.25, 0.3) is 10.8 Å². The molecule has 0 saturated carbocycles. The number of hydrogen-bond acceptors (Lipinski definition) is 0. The van der Waals surface area contributed by atoms with E-state index >= 15 is 0 Å². The zero-order valence-electron chi connectivity index (χ0n) is 18.7. The van der Waals surface area contributed by atoms with Crippen molar-refractivity contribution in [3.05, 3.63) is 59.7 Å². The zero-order valence-corrected chi connectivity index (χ0v) is 22.7. The van der Waals surface area contributed by atoms with E-state index in [4.69, 9.17) is 0 Å². The first kappa shape index (κ1) is 31.2. The monoisotopic (exact) mass is 484 g/mol. The molecule has 0 fully saturated rings. The van der Waals surface area contributed by atoms with E-state index in [2.05, 4.69) is 90.1 Å². The molecule has 0 unspecified atom stereocenters. The molecule has 0 nitrogen and oxygen atoms in total. The van der Waals surface area contributed by atoms with Gasteiger partial charge in [-0.15, -0.1) is 53.7 Å². The fraction of sp³-hybridized carbons (Fsp3) is 0.480. The number of allylic oxidation sites excluding steroid dienone is 4. The van der Waals surface area contributed by atoms with E-state index in [1.807, 2.05) is 0 Å². The van der Waals surface area contributed by atoms with Crippen LogP contribution in [0.5, 0.6) is 0 Å². The van der Waals surface area contributed by atoms with Crippen LogP contribution >= 0.6 is 7.92 Å². The van der Waals surface area contributed by atoms with Crippen molar-refractivity contribution in [3.8, 4) is 0 Å². The van der Waals surface area contributed by atoms with Crippen LogP contribution in [0, 0.1) is 6.08 Å². The summed E-state index contributed by atoms with van der Waals surface area (Å²) in [6.45, 7) is 13.8. The Morgan fingerprint density at radius 3 is 2.17 bits per heavy atom. The summed E-state index contributed by atoms with van der Waals surface area (Å²) in [7, 11) is -0.0206. The first-order valence-electron chi connectivity index (χ1n) is 10.1. The normalized spacial score (nSPS) is 12.6. The van der Waals surface area contributed by atoms with E-state index in [9.17, 15) is 0 Å². The van der Waals surface area contributed by atoms with Crippen molar-refractivity contribution >= 4 is 24.0 Å². The number of unbranched alkanes of at least 4 members (excludes halogenated alkanes) is 1. The van der Waals surface area contributed by atoms with Crippen LogP contribution in [0.3, 0.4) is 0 Å². The van der Waals surface area contributed by atoms with E-state index in [0.29, 0.717) is 0 Å². The molecule has 0 amide bonds. The largest absolute Gasteiger partial charge is 4.00 e. The fourth-order valence-electron chi connectivity index (χ4n) is 3.70. The van der Waals surface area contributed by atoms with Gasteiger partial charge in [0.1, 0.15) is 0 Å². The summed E-state index contributed by atoms with van der Waals surface area (Å²) < 4.78 is 0. The predicted molar refractivity (Wildman–Crippen MR) is 121 cm³/mol. The minimum absolute atomic E-state index is 0. The van der Waals surface area contributed by atoms with E-state index in [1.165, 1.54) is 41.2 Å². The summed E-state index contributed by atoms with van der Waals surface area (Å²) in [6, 6.07) is 13.5. The molecule has 0 aliphatic heterocycles. The van der Waals surface area contributed by atoms with Gasteiger partial charge in [0.25, 0.3) is 0 Å².